The summed E-state index contributed by atoms with van der Waals surface area (Å²) >= 11 is 0. The molecule has 0 spiro atoms. The lowest BCUT2D eigenvalue weighted by molar-refractivity contribution is -0.125. The normalized spacial score (nSPS) is 26.7. The first-order chi connectivity index (χ1) is 12.0. The molecule has 2 fully saturated rings. The Morgan fingerprint density at radius 1 is 1.20 bits per heavy atom. The molecule has 0 radical (unpaired) electrons. The van der Waals surface area contributed by atoms with Gasteiger partial charge in [0.25, 0.3) is 0 Å². The first-order valence-electron chi connectivity index (χ1n) is 8.87. The number of primary amides is 1. The van der Waals surface area contributed by atoms with E-state index in [9.17, 15) is 14.0 Å². The lowest BCUT2D eigenvalue weighted by atomic mass is 9.81. The van der Waals surface area contributed by atoms with E-state index >= 15 is 0 Å². The van der Waals surface area contributed by atoms with Crippen molar-refractivity contribution in [1.29, 1.82) is 0 Å². The van der Waals surface area contributed by atoms with Crippen molar-refractivity contribution in [3.8, 4) is 0 Å². The Kier molecular flexibility index (Phi) is 5.65. The van der Waals surface area contributed by atoms with Crippen molar-refractivity contribution in [2.75, 3.05) is 6.54 Å². The van der Waals surface area contributed by atoms with E-state index in [-0.39, 0.29) is 30.2 Å². The summed E-state index contributed by atoms with van der Waals surface area (Å²) < 4.78 is 13.0. The minimum absolute atomic E-state index is 0.104. The first-order valence-corrected chi connectivity index (χ1v) is 8.87. The topological polar surface area (TPSA) is 96.2 Å². The summed E-state index contributed by atoms with van der Waals surface area (Å²) in [6.07, 6.45) is 4.81. The number of nitrogens with two attached hydrogens (primary N) is 1. The number of hydrogen-bond acceptors (Lipinski definition) is 4. The molecule has 1 saturated carbocycles. The summed E-state index contributed by atoms with van der Waals surface area (Å²) in [6, 6.07) is 6.03. The van der Waals surface area contributed by atoms with Crippen LogP contribution in [0.5, 0.6) is 0 Å². The molecule has 25 heavy (non-hydrogen) atoms. The number of amides is 2. The van der Waals surface area contributed by atoms with Gasteiger partial charge in [0.1, 0.15) is 11.9 Å². The highest BCUT2D eigenvalue weighted by Crippen LogP contribution is 2.30. The molecule has 4 unspecified atom stereocenters. The smallest absolute Gasteiger partial charge is 0.238 e. The standard InChI is InChI=1S/C18H25FN4O2/c19-13-7-5-11(6-8-13)9-12(17(20)24)10-21-18(25)16-14-3-1-2-4-15(14)22-23-16/h5-8,12,14-16,22-23H,1-4,9-10H2,(H2,20,24)(H,21,25). The van der Waals surface area contributed by atoms with Gasteiger partial charge < -0.3 is 11.1 Å². The molecule has 1 aliphatic heterocycles. The Labute approximate surface area is 146 Å². The van der Waals surface area contributed by atoms with Crippen LogP contribution >= 0.6 is 0 Å². The van der Waals surface area contributed by atoms with Gasteiger partial charge in [0, 0.05) is 18.5 Å². The highest BCUT2D eigenvalue weighted by molar-refractivity contribution is 5.83. The molecule has 4 atom stereocenters. The van der Waals surface area contributed by atoms with Gasteiger partial charge in [-0.25, -0.2) is 9.82 Å². The average Bonchev–Trinajstić information content (AvgIpc) is 3.04. The lowest BCUT2D eigenvalue weighted by Crippen LogP contribution is -2.48. The van der Waals surface area contributed by atoms with Gasteiger partial charge in [-0.1, -0.05) is 25.0 Å². The number of rotatable bonds is 6. The fourth-order valence-electron chi connectivity index (χ4n) is 3.81. The van der Waals surface area contributed by atoms with Crippen LogP contribution in [0.15, 0.2) is 24.3 Å². The zero-order valence-corrected chi connectivity index (χ0v) is 14.1. The van der Waals surface area contributed by atoms with Crippen LogP contribution in [-0.2, 0) is 16.0 Å². The maximum absolute atomic E-state index is 13.0. The maximum atomic E-state index is 13.0. The second-order valence-corrected chi connectivity index (χ2v) is 7.00. The lowest BCUT2D eigenvalue weighted by Gasteiger charge is -2.26. The van der Waals surface area contributed by atoms with Gasteiger partial charge in [-0.3, -0.25) is 15.0 Å². The molecular weight excluding hydrogens is 323 g/mol. The Balaban J connectivity index is 1.55. The summed E-state index contributed by atoms with van der Waals surface area (Å²) in [5, 5.41) is 2.85. The fourth-order valence-corrected chi connectivity index (χ4v) is 3.81. The Bertz CT molecular complexity index is 622. The molecule has 7 heteroatoms. The summed E-state index contributed by atoms with van der Waals surface area (Å²) in [5.74, 6) is -1.14. The first kappa shape index (κ1) is 17.8. The van der Waals surface area contributed by atoms with Gasteiger partial charge >= 0.3 is 0 Å². The highest BCUT2D eigenvalue weighted by Gasteiger charge is 2.41. The van der Waals surface area contributed by atoms with Crippen LogP contribution in [0.1, 0.15) is 31.2 Å². The molecule has 5 N–H and O–H groups in total. The van der Waals surface area contributed by atoms with E-state index in [0.717, 1.165) is 24.8 Å². The van der Waals surface area contributed by atoms with Crippen molar-refractivity contribution in [1.82, 2.24) is 16.2 Å². The van der Waals surface area contributed by atoms with Gasteiger partial charge in [0.05, 0.1) is 5.92 Å². The molecular formula is C18H25FN4O2. The van der Waals surface area contributed by atoms with Crippen molar-refractivity contribution in [2.45, 2.75) is 44.2 Å². The molecule has 1 heterocycles. The summed E-state index contributed by atoms with van der Waals surface area (Å²) in [5.41, 5.74) is 12.6. The number of nitrogens with one attached hydrogen (secondary N) is 3. The summed E-state index contributed by atoms with van der Waals surface area (Å²) in [6.45, 7) is 0.182. The third kappa shape index (κ3) is 4.35. The number of halogens is 1. The van der Waals surface area contributed by atoms with E-state index < -0.39 is 11.8 Å². The number of hydrazine groups is 1. The minimum Gasteiger partial charge on any atom is -0.369 e. The van der Waals surface area contributed by atoms with E-state index in [0.29, 0.717) is 12.5 Å². The molecule has 1 aromatic rings. The SMILES string of the molecule is NC(=O)C(CNC(=O)C1NNC2CCCCC21)Cc1ccc(F)cc1. The number of benzene rings is 1. The summed E-state index contributed by atoms with van der Waals surface area (Å²) in [4.78, 5) is 24.2. The second kappa shape index (κ2) is 7.93. The largest absolute Gasteiger partial charge is 0.369 e. The van der Waals surface area contributed by atoms with Gasteiger partial charge in [-0.2, -0.15) is 0 Å². The van der Waals surface area contributed by atoms with Crippen LogP contribution in [0.4, 0.5) is 4.39 Å². The fraction of sp³-hybridized carbons (Fsp3) is 0.556. The van der Waals surface area contributed by atoms with Crippen molar-refractivity contribution in [3.05, 3.63) is 35.6 Å². The van der Waals surface area contributed by atoms with Crippen LogP contribution in [0, 0.1) is 17.7 Å². The third-order valence-electron chi connectivity index (χ3n) is 5.27. The molecule has 1 aliphatic carbocycles. The third-order valence-corrected chi connectivity index (χ3v) is 5.27. The number of carbonyl (C=O) groups is 2. The molecule has 2 amide bonds. The van der Waals surface area contributed by atoms with E-state index in [4.69, 9.17) is 5.73 Å². The van der Waals surface area contributed by atoms with Crippen molar-refractivity contribution in [2.24, 2.45) is 17.6 Å². The van der Waals surface area contributed by atoms with Crippen molar-refractivity contribution >= 4 is 11.8 Å². The molecule has 0 bridgehead atoms. The van der Waals surface area contributed by atoms with Crippen molar-refractivity contribution < 1.29 is 14.0 Å². The average molecular weight is 348 g/mol. The molecule has 2 aliphatic rings. The van der Waals surface area contributed by atoms with E-state index in [2.05, 4.69) is 16.2 Å². The highest BCUT2D eigenvalue weighted by atomic mass is 19.1. The van der Waals surface area contributed by atoms with Crippen LogP contribution in [-0.4, -0.2) is 30.4 Å². The minimum atomic E-state index is -0.522. The zero-order valence-electron chi connectivity index (χ0n) is 14.1. The quantitative estimate of drug-likeness (QED) is 0.606. The van der Waals surface area contributed by atoms with Crippen LogP contribution in [0.3, 0.4) is 0 Å². The van der Waals surface area contributed by atoms with E-state index in [1.807, 2.05) is 0 Å². The molecule has 136 valence electrons. The zero-order chi connectivity index (χ0) is 17.8. The van der Waals surface area contributed by atoms with Crippen LogP contribution in [0.2, 0.25) is 0 Å². The predicted molar refractivity (Wildman–Crippen MR) is 91.6 cm³/mol. The Morgan fingerprint density at radius 2 is 1.92 bits per heavy atom. The molecule has 6 nitrogen and oxygen atoms in total. The number of hydrogen-bond donors (Lipinski definition) is 4. The molecule has 3 rings (SSSR count). The Hall–Kier alpha value is -1.99. The van der Waals surface area contributed by atoms with Gasteiger partial charge in [-0.05, 0) is 37.0 Å². The maximum Gasteiger partial charge on any atom is 0.238 e. The predicted octanol–water partition coefficient (Wildman–Crippen LogP) is 0.621. The molecule has 1 saturated heterocycles. The monoisotopic (exact) mass is 348 g/mol. The number of fused-ring (bicyclic) bond motifs is 1. The van der Waals surface area contributed by atoms with Crippen molar-refractivity contribution in [3.63, 3.8) is 0 Å². The van der Waals surface area contributed by atoms with Crippen LogP contribution < -0.4 is 21.9 Å². The Morgan fingerprint density at radius 3 is 2.64 bits per heavy atom. The number of carbonyl (C=O) groups excluding carboxylic acids is 2. The molecule has 0 aromatic heterocycles. The van der Waals surface area contributed by atoms with E-state index in [1.165, 1.54) is 18.6 Å². The molecule has 1 aromatic carbocycles. The van der Waals surface area contributed by atoms with Crippen LogP contribution in [0.25, 0.3) is 0 Å². The second-order valence-electron chi connectivity index (χ2n) is 7.00. The van der Waals surface area contributed by atoms with Gasteiger partial charge in [0.15, 0.2) is 0 Å². The van der Waals surface area contributed by atoms with Gasteiger partial charge in [-0.15, -0.1) is 0 Å². The summed E-state index contributed by atoms with van der Waals surface area (Å²) in [7, 11) is 0. The van der Waals surface area contributed by atoms with Gasteiger partial charge in [0.2, 0.25) is 11.8 Å². The van der Waals surface area contributed by atoms with E-state index in [1.54, 1.807) is 12.1 Å².